The van der Waals surface area contributed by atoms with Gasteiger partial charge in [0, 0.05) is 21.9 Å². The van der Waals surface area contributed by atoms with Crippen LogP contribution in [0, 0.1) is 22.7 Å². The van der Waals surface area contributed by atoms with Crippen LogP contribution in [0.4, 0.5) is 5.82 Å². The zero-order valence-electron chi connectivity index (χ0n) is 24.0. The summed E-state index contributed by atoms with van der Waals surface area (Å²) in [6, 6.07) is 18.5. The van der Waals surface area contributed by atoms with Gasteiger partial charge in [-0.1, -0.05) is 35.5 Å². The molecule has 0 aliphatic rings. The number of nitrogens with two attached hydrogens (primary N) is 3. The highest BCUT2D eigenvalue weighted by molar-refractivity contribution is 7.98. The van der Waals surface area contributed by atoms with Crippen LogP contribution in [0.15, 0.2) is 64.2 Å². The fourth-order valence-corrected chi connectivity index (χ4v) is 4.62. The number of hydrogen-bond acceptors (Lipinski definition) is 14. The molecule has 0 saturated carbocycles. The number of rotatable bonds is 11. The normalized spacial score (nSPS) is 10.1. The van der Waals surface area contributed by atoms with Crippen LogP contribution < -0.4 is 21.9 Å². The summed E-state index contributed by atoms with van der Waals surface area (Å²) >= 11 is 7.23. The second-order valence-electron chi connectivity index (χ2n) is 8.67. The smallest absolute Gasteiger partial charge is 0.319 e. The standard InChI is InChI=1S/C24H16ClN5O2S.C6H12N2O4/c1-31-18-8-4-14(5-9-18)21-19(10-26)22(28)30-24(20(21)11-27)33-13-17-12-32-23(29-17)15-2-6-16(25)7-3-15;7-3-5(9)11-1-2-12-6(10)4-8/h2-9,12H,13H2,1H3,(H2,28,30);1-4,7-8H2. The van der Waals surface area contributed by atoms with E-state index in [1.165, 1.54) is 11.8 Å². The third kappa shape index (κ3) is 9.69. The minimum Gasteiger partial charge on any atom is -0.497 e. The summed E-state index contributed by atoms with van der Waals surface area (Å²) in [5.41, 5.74) is 19.0. The zero-order chi connectivity index (χ0) is 32.8. The lowest BCUT2D eigenvalue weighted by atomic mass is 9.97. The predicted molar refractivity (Wildman–Crippen MR) is 167 cm³/mol. The molecule has 0 atom stereocenters. The summed E-state index contributed by atoms with van der Waals surface area (Å²) in [7, 11) is 1.57. The van der Waals surface area contributed by atoms with E-state index < -0.39 is 11.9 Å². The van der Waals surface area contributed by atoms with Crippen molar-refractivity contribution in [2.45, 2.75) is 10.8 Å². The Morgan fingerprint density at radius 1 is 0.911 bits per heavy atom. The van der Waals surface area contributed by atoms with Crippen LogP contribution in [0.1, 0.15) is 16.8 Å². The van der Waals surface area contributed by atoms with Gasteiger partial charge in [0.2, 0.25) is 5.89 Å². The van der Waals surface area contributed by atoms with E-state index in [9.17, 15) is 20.1 Å². The lowest BCUT2D eigenvalue weighted by molar-refractivity contribution is -0.150. The molecule has 0 fully saturated rings. The maximum Gasteiger partial charge on any atom is 0.319 e. The summed E-state index contributed by atoms with van der Waals surface area (Å²) in [4.78, 5) is 29.6. The lowest BCUT2D eigenvalue weighted by Gasteiger charge is -2.13. The number of halogens is 1. The Morgan fingerprint density at radius 3 is 2.02 bits per heavy atom. The van der Waals surface area contributed by atoms with E-state index in [2.05, 4.69) is 31.6 Å². The number of nitrogens with zero attached hydrogens (tertiary/aromatic N) is 4. The van der Waals surface area contributed by atoms with Gasteiger partial charge in [-0.15, -0.1) is 0 Å². The highest BCUT2D eigenvalue weighted by Gasteiger charge is 2.21. The van der Waals surface area contributed by atoms with Crippen molar-refractivity contribution in [3.8, 4) is 40.5 Å². The Kier molecular flexibility index (Phi) is 13.2. The first-order chi connectivity index (χ1) is 21.7. The number of hydrogen-bond donors (Lipinski definition) is 3. The first kappa shape index (κ1) is 34.4. The Labute approximate surface area is 267 Å². The number of aromatic nitrogens is 2. The largest absolute Gasteiger partial charge is 0.497 e. The molecule has 0 bridgehead atoms. The number of ether oxygens (including phenoxy) is 3. The van der Waals surface area contributed by atoms with Gasteiger partial charge in [-0.2, -0.15) is 10.5 Å². The monoisotopic (exact) mass is 649 g/mol. The summed E-state index contributed by atoms with van der Waals surface area (Å²) in [5.74, 6) is 0.528. The highest BCUT2D eigenvalue weighted by atomic mass is 35.5. The Hall–Kier alpha value is -5.12. The molecule has 0 aliphatic carbocycles. The molecule has 2 aromatic carbocycles. The Balaban J connectivity index is 0.000000392. The molecule has 0 radical (unpaired) electrons. The van der Waals surface area contributed by atoms with Crippen LogP contribution in [0.25, 0.3) is 22.6 Å². The summed E-state index contributed by atoms with van der Waals surface area (Å²) in [5, 5.41) is 20.6. The molecule has 0 unspecified atom stereocenters. The van der Waals surface area contributed by atoms with Gasteiger partial charge >= 0.3 is 11.9 Å². The summed E-state index contributed by atoms with van der Waals surface area (Å²) in [6.45, 7) is -0.320. The molecular formula is C30H28ClN7O6S. The number of nitriles is 2. The number of carbonyl (C=O) groups excluding carboxylic acids is 2. The van der Waals surface area contributed by atoms with Gasteiger partial charge in [0.15, 0.2) is 0 Å². The van der Waals surface area contributed by atoms with Gasteiger partial charge in [-0.3, -0.25) is 9.59 Å². The molecule has 2 aromatic heterocycles. The molecule has 6 N–H and O–H groups in total. The molecule has 232 valence electrons. The Morgan fingerprint density at radius 2 is 1.49 bits per heavy atom. The number of benzene rings is 2. The van der Waals surface area contributed by atoms with Crippen LogP contribution >= 0.6 is 23.4 Å². The van der Waals surface area contributed by atoms with Crippen LogP contribution in [-0.2, 0) is 24.8 Å². The maximum atomic E-state index is 10.4. The minimum absolute atomic E-state index is 0.0156. The first-order valence-corrected chi connectivity index (χ1v) is 14.4. The highest BCUT2D eigenvalue weighted by Crippen LogP contribution is 2.37. The van der Waals surface area contributed by atoms with Crippen molar-refractivity contribution in [3.63, 3.8) is 0 Å². The predicted octanol–water partition coefficient (Wildman–Crippen LogP) is 3.67. The third-order valence-electron chi connectivity index (χ3n) is 5.74. The van der Waals surface area contributed by atoms with E-state index in [1.54, 1.807) is 49.8 Å². The van der Waals surface area contributed by atoms with Gasteiger partial charge in [0.05, 0.1) is 31.5 Å². The average molecular weight is 650 g/mol. The van der Waals surface area contributed by atoms with Crippen molar-refractivity contribution in [1.29, 1.82) is 10.5 Å². The zero-order valence-corrected chi connectivity index (χ0v) is 25.6. The van der Waals surface area contributed by atoms with Gasteiger partial charge < -0.3 is 35.8 Å². The fourth-order valence-electron chi connectivity index (χ4n) is 3.62. The second-order valence-corrected chi connectivity index (χ2v) is 10.1. The van der Waals surface area contributed by atoms with Crippen molar-refractivity contribution in [1.82, 2.24) is 9.97 Å². The fraction of sp³-hybridized carbons (Fsp3) is 0.200. The molecule has 45 heavy (non-hydrogen) atoms. The van der Waals surface area contributed by atoms with Crippen LogP contribution in [0.3, 0.4) is 0 Å². The van der Waals surface area contributed by atoms with Crippen molar-refractivity contribution in [2.24, 2.45) is 11.5 Å². The molecule has 2 heterocycles. The molecule has 13 nitrogen and oxygen atoms in total. The number of methoxy groups -OCH3 is 1. The van der Waals surface area contributed by atoms with E-state index in [0.29, 0.717) is 44.3 Å². The van der Waals surface area contributed by atoms with Gasteiger partial charge in [-0.25, -0.2) is 9.97 Å². The van der Waals surface area contributed by atoms with E-state index in [1.807, 2.05) is 12.1 Å². The van der Waals surface area contributed by atoms with E-state index in [-0.39, 0.29) is 43.2 Å². The Bertz CT molecular complexity index is 1680. The molecule has 15 heteroatoms. The van der Waals surface area contributed by atoms with Crippen molar-refractivity contribution >= 4 is 41.1 Å². The van der Waals surface area contributed by atoms with Crippen molar-refractivity contribution < 1.29 is 28.2 Å². The molecule has 0 saturated heterocycles. The molecule has 0 spiro atoms. The van der Waals surface area contributed by atoms with Crippen molar-refractivity contribution in [2.75, 3.05) is 39.1 Å². The lowest BCUT2D eigenvalue weighted by Crippen LogP contribution is -2.22. The quantitative estimate of drug-likeness (QED) is 0.120. The number of carbonyl (C=O) groups is 2. The molecule has 0 amide bonds. The van der Waals surface area contributed by atoms with E-state index in [4.69, 9.17) is 38.0 Å². The first-order valence-electron chi connectivity index (χ1n) is 13.1. The number of pyridine rings is 1. The third-order valence-corrected chi connectivity index (χ3v) is 7.00. The van der Waals surface area contributed by atoms with E-state index >= 15 is 0 Å². The summed E-state index contributed by atoms with van der Waals surface area (Å²) < 4.78 is 19.8. The van der Waals surface area contributed by atoms with Crippen LogP contribution in [0.5, 0.6) is 5.75 Å². The van der Waals surface area contributed by atoms with E-state index in [0.717, 1.165) is 5.56 Å². The molecule has 4 aromatic rings. The number of anilines is 1. The minimum atomic E-state index is -0.529. The van der Waals surface area contributed by atoms with Gasteiger partial charge in [0.1, 0.15) is 53.8 Å². The topological polar surface area (TPSA) is 226 Å². The molecule has 0 aliphatic heterocycles. The van der Waals surface area contributed by atoms with Crippen LogP contribution in [-0.4, -0.2) is 55.3 Å². The number of thioether (sulfide) groups is 1. The number of nitrogen functional groups attached to an aromatic ring is 1. The molecule has 4 rings (SSSR count). The SMILES string of the molecule is COc1ccc(-c2c(C#N)c(N)nc(SCc3coc(-c4ccc(Cl)cc4)n3)c2C#N)cc1.NCC(=O)OCCOC(=O)CN. The summed E-state index contributed by atoms with van der Waals surface area (Å²) in [6.07, 6.45) is 1.56. The van der Waals surface area contributed by atoms with Crippen molar-refractivity contribution in [3.05, 3.63) is 76.6 Å². The van der Waals surface area contributed by atoms with Crippen LogP contribution in [0.2, 0.25) is 5.02 Å². The van der Waals surface area contributed by atoms with Gasteiger partial charge in [0.25, 0.3) is 0 Å². The maximum absolute atomic E-state index is 10.4. The average Bonchev–Trinajstić information content (AvgIpc) is 3.54. The van der Waals surface area contributed by atoms with Gasteiger partial charge in [-0.05, 0) is 42.0 Å². The second kappa shape index (κ2) is 17.2. The number of oxazole rings is 1. The molecular weight excluding hydrogens is 622 g/mol. The number of esters is 2.